The largest absolute Gasteiger partial charge is 0.472 e. The molecule has 4 nitrogen and oxygen atoms in total. The monoisotopic (exact) mass is 374 g/mol. The van der Waals surface area contributed by atoms with Gasteiger partial charge in [0.2, 0.25) is 0 Å². The maximum Gasteiger partial charge on any atom is 0.178 e. The van der Waals surface area contributed by atoms with Gasteiger partial charge in [-0.15, -0.1) is 0 Å². The first-order valence-electron chi connectivity index (χ1n) is 9.78. The Hall–Kier alpha value is -2.69. The van der Waals surface area contributed by atoms with Gasteiger partial charge in [-0.25, -0.2) is 0 Å². The minimum absolute atomic E-state index is 0.390. The number of ether oxygens (including phenoxy) is 1. The van der Waals surface area contributed by atoms with Crippen molar-refractivity contribution in [2.24, 2.45) is 0 Å². The molecular weight excluding hydrogens is 348 g/mol. The Bertz CT molecular complexity index is 955. The number of fused-ring (bicyclic) bond motifs is 1. The van der Waals surface area contributed by atoms with Crippen LogP contribution in [0.3, 0.4) is 0 Å². The molecule has 3 aromatic rings. The van der Waals surface area contributed by atoms with Crippen LogP contribution in [-0.2, 0) is 13.0 Å². The zero-order valence-corrected chi connectivity index (χ0v) is 16.4. The molecule has 0 fully saturated rings. The van der Waals surface area contributed by atoms with E-state index in [2.05, 4.69) is 47.1 Å². The number of aliphatic hydroxyl groups is 1. The SMILES string of the molecule is Cc1ccncc1-c1cccc(OC(C(C)O)N2CCc3ccccc3C2)c1. The van der Waals surface area contributed by atoms with E-state index in [9.17, 15) is 5.11 Å². The molecule has 1 aliphatic rings. The highest BCUT2D eigenvalue weighted by molar-refractivity contribution is 5.67. The first-order valence-corrected chi connectivity index (χ1v) is 9.78. The summed E-state index contributed by atoms with van der Waals surface area (Å²) >= 11 is 0. The molecule has 0 bridgehead atoms. The van der Waals surface area contributed by atoms with Gasteiger partial charge in [-0.05, 0) is 60.7 Å². The van der Waals surface area contributed by atoms with Crippen molar-refractivity contribution in [1.82, 2.24) is 9.88 Å². The van der Waals surface area contributed by atoms with Crippen molar-refractivity contribution in [3.63, 3.8) is 0 Å². The summed E-state index contributed by atoms with van der Waals surface area (Å²) in [4.78, 5) is 6.46. The number of benzene rings is 2. The van der Waals surface area contributed by atoms with E-state index in [-0.39, 0.29) is 0 Å². The number of aromatic nitrogens is 1. The van der Waals surface area contributed by atoms with E-state index in [1.807, 2.05) is 30.5 Å². The lowest BCUT2D eigenvalue weighted by molar-refractivity contribution is -0.0646. The minimum Gasteiger partial charge on any atom is -0.472 e. The molecule has 2 heterocycles. The number of hydrogen-bond donors (Lipinski definition) is 1. The molecule has 1 N–H and O–H groups in total. The van der Waals surface area contributed by atoms with Gasteiger partial charge in [0.15, 0.2) is 6.23 Å². The Labute approximate surface area is 166 Å². The van der Waals surface area contributed by atoms with Crippen LogP contribution in [0.15, 0.2) is 67.0 Å². The molecule has 0 aliphatic carbocycles. The van der Waals surface area contributed by atoms with Crippen LogP contribution in [0.4, 0.5) is 0 Å². The molecule has 4 rings (SSSR count). The summed E-state index contributed by atoms with van der Waals surface area (Å²) in [6.07, 6.45) is 3.66. The third-order valence-electron chi connectivity index (χ3n) is 5.37. The third-order valence-corrected chi connectivity index (χ3v) is 5.37. The van der Waals surface area contributed by atoms with Gasteiger partial charge in [0, 0.05) is 31.0 Å². The normalized spacial score (nSPS) is 16.2. The van der Waals surface area contributed by atoms with Crippen LogP contribution >= 0.6 is 0 Å². The van der Waals surface area contributed by atoms with Crippen LogP contribution in [0.25, 0.3) is 11.1 Å². The van der Waals surface area contributed by atoms with Crippen LogP contribution in [-0.4, -0.2) is 33.9 Å². The summed E-state index contributed by atoms with van der Waals surface area (Å²) in [5, 5.41) is 10.4. The minimum atomic E-state index is -0.603. The van der Waals surface area contributed by atoms with Gasteiger partial charge in [0.1, 0.15) is 11.9 Å². The van der Waals surface area contributed by atoms with Gasteiger partial charge in [-0.2, -0.15) is 0 Å². The van der Waals surface area contributed by atoms with E-state index in [1.165, 1.54) is 16.7 Å². The Morgan fingerprint density at radius 1 is 1.07 bits per heavy atom. The lowest BCUT2D eigenvalue weighted by Gasteiger charge is -2.37. The summed E-state index contributed by atoms with van der Waals surface area (Å²) in [5.41, 5.74) is 6.02. The fourth-order valence-corrected chi connectivity index (χ4v) is 3.86. The average molecular weight is 374 g/mol. The smallest absolute Gasteiger partial charge is 0.178 e. The highest BCUT2D eigenvalue weighted by atomic mass is 16.5. The fourth-order valence-electron chi connectivity index (χ4n) is 3.86. The number of aryl methyl sites for hydroxylation is 1. The van der Waals surface area contributed by atoms with Crippen molar-refractivity contribution in [3.8, 4) is 16.9 Å². The number of hydrogen-bond acceptors (Lipinski definition) is 4. The Morgan fingerprint density at radius 3 is 2.68 bits per heavy atom. The number of rotatable bonds is 5. The van der Waals surface area contributed by atoms with Gasteiger partial charge in [-0.3, -0.25) is 9.88 Å². The highest BCUT2D eigenvalue weighted by Gasteiger charge is 2.28. The van der Waals surface area contributed by atoms with Gasteiger partial charge in [0.05, 0.1) is 0 Å². The predicted molar refractivity (Wildman–Crippen MR) is 111 cm³/mol. The van der Waals surface area contributed by atoms with Crippen molar-refractivity contribution in [2.45, 2.75) is 39.1 Å². The van der Waals surface area contributed by atoms with Crippen molar-refractivity contribution >= 4 is 0 Å². The molecule has 0 saturated carbocycles. The molecule has 1 aliphatic heterocycles. The maximum absolute atomic E-state index is 10.4. The first kappa shape index (κ1) is 18.7. The first-order chi connectivity index (χ1) is 13.6. The molecule has 2 aromatic carbocycles. The van der Waals surface area contributed by atoms with Crippen molar-refractivity contribution in [3.05, 3.63) is 83.7 Å². The van der Waals surface area contributed by atoms with E-state index in [0.717, 1.165) is 36.4 Å². The molecule has 0 spiro atoms. The topological polar surface area (TPSA) is 45.6 Å². The zero-order valence-electron chi connectivity index (χ0n) is 16.4. The summed E-state index contributed by atoms with van der Waals surface area (Å²) < 4.78 is 6.29. The second-order valence-electron chi connectivity index (χ2n) is 7.46. The Morgan fingerprint density at radius 2 is 1.89 bits per heavy atom. The van der Waals surface area contributed by atoms with E-state index in [0.29, 0.717) is 0 Å². The van der Waals surface area contributed by atoms with E-state index < -0.39 is 12.3 Å². The molecule has 1 aromatic heterocycles. The van der Waals surface area contributed by atoms with Crippen molar-refractivity contribution in [2.75, 3.05) is 6.54 Å². The van der Waals surface area contributed by atoms with E-state index >= 15 is 0 Å². The Kier molecular flexibility index (Phi) is 5.42. The summed E-state index contributed by atoms with van der Waals surface area (Å²) in [5.74, 6) is 0.755. The highest BCUT2D eigenvalue weighted by Crippen LogP contribution is 2.28. The van der Waals surface area contributed by atoms with Crippen LogP contribution in [0.5, 0.6) is 5.75 Å². The second kappa shape index (κ2) is 8.13. The van der Waals surface area contributed by atoms with E-state index in [4.69, 9.17) is 4.74 Å². The molecule has 28 heavy (non-hydrogen) atoms. The van der Waals surface area contributed by atoms with Gasteiger partial charge >= 0.3 is 0 Å². The van der Waals surface area contributed by atoms with Crippen molar-refractivity contribution in [1.29, 1.82) is 0 Å². The summed E-state index contributed by atoms with van der Waals surface area (Å²) in [6.45, 7) is 5.52. The standard InChI is InChI=1S/C24H26N2O2/c1-17-10-12-25-15-23(17)20-8-5-9-22(14-20)28-24(18(2)27)26-13-11-19-6-3-4-7-21(19)16-26/h3-10,12,14-15,18,24,27H,11,13,16H2,1-2H3. The molecule has 0 saturated heterocycles. The van der Waals surface area contributed by atoms with Crippen LogP contribution < -0.4 is 4.74 Å². The van der Waals surface area contributed by atoms with Crippen LogP contribution in [0.2, 0.25) is 0 Å². The van der Waals surface area contributed by atoms with Gasteiger partial charge in [-0.1, -0.05) is 36.4 Å². The number of aliphatic hydroxyl groups excluding tert-OH is 1. The van der Waals surface area contributed by atoms with Crippen molar-refractivity contribution < 1.29 is 9.84 Å². The zero-order chi connectivity index (χ0) is 19.5. The lowest BCUT2D eigenvalue weighted by atomic mass is 9.99. The third kappa shape index (κ3) is 3.93. The number of pyridine rings is 1. The van der Waals surface area contributed by atoms with Crippen LogP contribution in [0.1, 0.15) is 23.6 Å². The molecule has 0 radical (unpaired) electrons. The fraction of sp³-hybridized carbons (Fsp3) is 0.292. The summed E-state index contributed by atoms with van der Waals surface area (Å²) in [7, 11) is 0. The molecule has 4 heteroatoms. The molecular formula is C24H26N2O2. The second-order valence-corrected chi connectivity index (χ2v) is 7.46. The molecule has 2 unspecified atom stereocenters. The van der Waals surface area contributed by atoms with Gasteiger partial charge < -0.3 is 9.84 Å². The summed E-state index contributed by atoms with van der Waals surface area (Å²) in [6, 6.07) is 18.5. The quantitative estimate of drug-likeness (QED) is 0.727. The molecule has 144 valence electrons. The molecule has 0 amide bonds. The average Bonchev–Trinajstić information content (AvgIpc) is 2.72. The number of nitrogens with zero attached hydrogens (tertiary/aromatic N) is 2. The van der Waals surface area contributed by atoms with Gasteiger partial charge in [0.25, 0.3) is 0 Å². The lowest BCUT2D eigenvalue weighted by Crippen LogP contribution is -2.48. The Balaban J connectivity index is 1.56. The molecule has 2 atom stereocenters. The van der Waals surface area contributed by atoms with Crippen LogP contribution in [0, 0.1) is 6.92 Å². The maximum atomic E-state index is 10.4. The van der Waals surface area contributed by atoms with E-state index in [1.54, 1.807) is 13.1 Å². The predicted octanol–water partition coefficient (Wildman–Crippen LogP) is 4.20.